The lowest BCUT2D eigenvalue weighted by Crippen LogP contribution is -2.50. The van der Waals surface area contributed by atoms with E-state index in [0.29, 0.717) is 34.2 Å². The molecule has 0 aliphatic heterocycles. The quantitative estimate of drug-likeness (QED) is 0.482. The van der Waals surface area contributed by atoms with E-state index in [1.54, 1.807) is 11.7 Å². The minimum atomic E-state index is -0.142. The van der Waals surface area contributed by atoms with Gasteiger partial charge in [0.05, 0.1) is 29.3 Å². The van der Waals surface area contributed by atoms with E-state index in [-0.39, 0.29) is 17.0 Å². The van der Waals surface area contributed by atoms with E-state index in [9.17, 15) is 9.59 Å². The molecule has 1 atom stereocenters. The molecule has 1 unspecified atom stereocenters. The Bertz CT molecular complexity index is 995. The van der Waals surface area contributed by atoms with Gasteiger partial charge in [0.15, 0.2) is 5.16 Å². The zero-order valence-electron chi connectivity index (χ0n) is 17.8. The van der Waals surface area contributed by atoms with Crippen LogP contribution in [0.2, 0.25) is 0 Å². The first kappa shape index (κ1) is 20.3. The van der Waals surface area contributed by atoms with Crippen LogP contribution in [0.15, 0.2) is 34.2 Å². The third kappa shape index (κ3) is 3.42. The highest BCUT2D eigenvalue weighted by Crippen LogP contribution is 2.60. The van der Waals surface area contributed by atoms with Gasteiger partial charge in [0.25, 0.3) is 5.56 Å². The molecule has 4 aliphatic carbocycles. The van der Waals surface area contributed by atoms with Gasteiger partial charge in [0.1, 0.15) is 5.78 Å². The number of ketones is 1. The van der Waals surface area contributed by atoms with Crippen molar-refractivity contribution >= 4 is 28.4 Å². The van der Waals surface area contributed by atoms with E-state index in [1.807, 2.05) is 31.2 Å². The molecule has 0 radical (unpaired) electrons. The molecule has 4 aliphatic rings. The van der Waals surface area contributed by atoms with Crippen LogP contribution in [-0.2, 0) is 9.53 Å². The Morgan fingerprint density at radius 1 is 1.20 bits per heavy atom. The molecule has 160 valence electrons. The molecule has 4 bridgehead atoms. The SMILES string of the molecule is COCC(C)n1c(SCC(=O)C23CC4CC(CC(C4)C2)C3)nc2ccccc2c1=O. The molecule has 6 rings (SSSR count). The smallest absolute Gasteiger partial charge is 0.262 e. The van der Waals surface area contributed by atoms with E-state index in [2.05, 4.69) is 0 Å². The number of carbonyl (C=O) groups excluding carboxylic acids is 1. The number of hydrogen-bond acceptors (Lipinski definition) is 5. The zero-order valence-corrected chi connectivity index (χ0v) is 18.6. The first-order valence-electron chi connectivity index (χ1n) is 11.2. The molecule has 2 aromatic rings. The average Bonchev–Trinajstić information content (AvgIpc) is 2.71. The summed E-state index contributed by atoms with van der Waals surface area (Å²) in [4.78, 5) is 31.4. The molecule has 0 saturated heterocycles. The number of carbonyl (C=O) groups is 1. The van der Waals surface area contributed by atoms with Gasteiger partial charge in [-0.05, 0) is 75.3 Å². The van der Waals surface area contributed by atoms with Gasteiger partial charge in [-0.2, -0.15) is 0 Å². The van der Waals surface area contributed by atoms with Crippen molar-refractivity contribution in [2.24, 2.45) is 23.2 Å². The van der Waals surface area contributed by atoms with E-state index in [4.69, 9.17) is 9.72 Å². The molecule has 5 nitrogen and oxygen atoms in total. The van der Waals surface area contributed by atoms with Gasteiger partial charge in [-0.25, -0.2) is 4.98 Å². The van der Waals surface area contributed by atoms with Gasteiger partial charge in [-0.3, -0.25) is 14.2 Å². The van der Waals surface area contributed by atoms with Crippen molar-refractivity contribution in [3.05, 3.63) is 34.6 Å². The fraction of sp³-hybridized carbons (Fsp3) is 0.625. The Kier molecular flexibility index (Phi) is 5.26. The van der Waals surface area contributed by atoms with Gasteiger partial charge in [-0.15, -0.1) is 0 Å². The van der Waals surface area contributed by atoms with E-state index >= 15 is 0 Å². The first-order chi connectivity index (χ1) is 14.5. The third-order valence-electron chi connectivity index (χ3n) is 7.59. The summed E-state index contributed by atoms with van der Waals surface area (Å²) in [5.41, 5.74) is 0.519. The number of nitrogens with zero attached hydrogens (tertiary/aromatic N) is 2. The van der Waals surface area contributed by atoms with E-state index in [1.165, 1.54) is 31.0 Å². The molecule has 0 amide bonds. The van der Waals surface area contributed by atoms with Gasteiger partial charge < -0.3 is 4.74 Å². The standard InChI is InChI=1S/C24H30N2O3S/c1-15(13-29-2)26-22(28)19-5-3-4-6-20(19)25-23(26)30-14-21(27)24-10-16-7-17(11-24)9-18(8-16)12-24/h3-6,15-18H,7-14H2,1-2H3. The lowest BCUT2D eigenvalue weighted by molar-refractivity contribution is -0.141. The maximum absolute atomic E-state index is 13.5. The fourth-order valence-electron chi connectivity index (χ4n) is 6.67. The number of Topliss-reactive ketones (excluding diaryl/α,β-unsaturated/α-hetero) is 1. The molecule has 30 heavy (non-hydrogen) atoms. The van der Waals surface area contributed by atoms with Crippen LogP contribution in [0.5, 0.6) is 0 Å². The lowest BCUT2D eigenvalue weighted by Gasteiger charge is -2.56. The summed E-state index contributed by atoms with van der Waals surface area (Å²) in [5.74, 6) is 3.04. The largest absolute Gasteiger partial charge is 0.383 e. The second-order valence-corrected chi connectivity index (χ2v) is 10.7. The second kappa shape index (κ2) is 7.79. The summed E-state index contributed by atoms with van der Waals surface area (Å²) >= 11 is 1.43. The number of para-hydroxylation sites is 1. The highest BCUT2D eigenvalue weighted by molar-refractivity contribution is 7.99. The predicted octanol–water partition coefficient (Wildman–Crippen LogP) is 4.48. The van der Waals surface area contributed by atoms with Crippen molar-refractivity contribution < 1.29 is 9.53 Å². The van der Waals surface area contributed by atoms with Crippen LogP contribution in [0.1, 0.15) is 51.5 Å². The normalized spacial score (nSPS) is 30.7. The Morgan fingerprint density at radius 2 is 1.83 bits per heavy atom. The maximum Gasteiger partial charge on any atom is 0.262 e. The van der Waals surface area contributed by atoms with Crippen molar-refractivity contribution in [2.75, 3.05) is 19.5 Å². The van der Waals surface area contributed by atoms with Gasteiger partial charge >= 0.3 is 0 Å². The molecule has 4 fully saturated rings. The molecule has 1 heterocycles. The minimum Gasteiger partial charge on any atom is -0.383 e. The van der Waals surface area contributed by atoms with Gasteiger partial charge in [0, 0.05) is 12.5 Å². The summed E-state index contributed by atoms with van der Waals surface area (Å²) in [6.45, 7) is 2.39. The highest BCUT2D eigenvalue weighted by atomic mass is 32.2. The third-order valence-corrected chi connectivity index (χ3v) is 8.54. The summed E-state index contributed by atoms with van der Waals surface area (Å²) in [7, 11) is 1.64. The number of methoxy groups -OCH3 is 1. The van der Waals surface area contributed by atoms with E-state index in [0.717, 1.165) is 37.0 Å². The van der Waals surface area contributed by atoms with Crippen molar-refractivity contribution in [1.82, 2.24) is 9.55 Å². The van der Waals surface area contributed by atoms with Crippen LogP contribution < -0.4 is 5.56 Å². The number of hydrogen-bond donors (Lipinski definition) is 0. The van der Waals surface area contributed by atoms with Crippen LogP contribution in [0, 0.1) is 23.2 Å². The molecular weight excluding hydrogens is 396 g/mol. The van der Waals surface area contributed by atoms with Crippen molar-refractivity contribution in [2.45, 2.75) is 56.6 Å². The number of ether oxygens (including phenoxy) is 1. The molecule has 6 heteroatoms. The van der Waals surface area contributed by atoms with Crippen LogP contribution in [0.4, 0.5) is 0 Å². The van der Waals surface area contributed by atoms with Crippen molar-refractivity contribution in [3.8, 4) is 0 Å². The van der Waals surface area contributed by atoms with Crippen LogP contribution >= 0.6 is 11.8 Å². The first-order valence-corrected chi connectivity index (χ1v) is 12.1. The topological polar surface area (TPSA) is 61.2 Å². The Hall–Kier alpha value is -1.66. The number of benzene rings is 1. The van der Waals surface area contributed by atoms with Crippen LogP contribution in [0.25, 0.3) is 10.9 Å². The fourth-order valence-corrected chi connectivity index (χ4v) is 7.80. The predicted molar refractivity (Wildman–Crippen MR) is 119 cm³/mol. The maximum atomic E-state index is 13.5. The summed E-state index contributed by atoms with van der Waals surface area (Å²) in [6.07, 6.45) is 7.24. The number of aromatic nitrogens is 2. The number of thioether (sulfide) groups is 1. The van der Waals surface area contributed by atoms with E-state index < -0.39 is 0 Å². The molecule has 1 aromatic carbocycles. The van der Waals surface area contributed by atoms with Crippen molar-refractivity contribution in [1.29, 1.82) is 0 Å². The van der Waals surface area contributed by atoms with Gasteiger partial charge in [0.2, 0.25) is 0 Å². The Morgan fingerprint density at radius 3 is 2.47 bits per heavy atom. The Labute approximate surface area is 181 Å². The highest BCUT2D eigenvalue weighted by Gasteiger charge is 2.54. The molecule has 1 aromatic heterocycles. The summed E-state index contributed by atoms with van der Waals surface area (Å²) in [5, 5.41) is 1.23. The summed E-state index contributed by atoms with van der Waals surface area (Å²) in [6, 6.07) is 7.30. The number of fused-ring (bicyclic) bond motifs is 1. The molecule has 4 saturated carbocycles. The minimum absolute atomic E-state index is 0.0603. The van der Waals surface area contributed by atoms with Crippen molar-refractivity contribution in [3.63, 3.8) is 0 Å². The molecule has 0 N–H and O–H groups in total. The monoisotopic (exact) mass is 426 g/mol. The van der Waals surface area contributed by atoms with Crippen LogP contribution in [-0.4, -0.2) is 34.8 Å². The lowest BCUT2D eigenvalue weighted by atomic mass is 9.48. The molecule has 0 spiro atoms. The van der Waals surface area contributed by atoms with Gasteiger partial charge in [-0.1, -0.05) is 23.9 Å². The number of rotatable bonds is 7. The second-order valence-electron chi connectivity index (χ2n) is 9.80. The summed E-state index contributed by atoms with van der Waals surface area (Å²) < 4.78 is 7.02. The molecular formula is C24H30N2O3S. The Balaban J connectivity index is 1.43. The zero-order chi connectivity index (χ0) is 20.9. The average molecular weight is 427 g/mol. The van der Waals surface area contributed by atoms with Crippen LogP contribution in [0.3, 0.4) is 0 Å².